The van der Waals surface area contributed by atoms with Crippen molar-refractivity contribution in [1.82, 2.24) is 9.97 Å². The summed E-state index contributed by atoms with van der Waals surface area (Å²) in [5.74, 6) is -0.697. The Balaban J connectivity index is 1.57. The molecule has 0 spiro atoms. The fourth-order valence-electron chi connectivity index (χ4n) is 2.69. The Morgan fingerprint density at radius 3 is 2.81 bits per heavy atom. The maximum atomic E-state index is 12.6. The fraction of sp³-hybridized carbons (Fsp3) is 0.0556. The molecule has 3 aromatic heterocycles. The van der Waals surface area contributed by atoms with Crippen LogP contribution in [0.2, 0.25) is 0 Å². The zero-order valence-electron chi connectivity index (χ0n) is 13.7. The molecule has 0 unspecified atom stereocenters. The number of H-pyrrole nitrogens is 1. The molecule has 4 aromatic rings. The lowest BCUT2D eigenvalue weighted by Crippen LogP contribution is -2.11. The highest BCUT2D eigenvalue weighted by molar-refractivity contribution is 7.21. The minimum absolute atomic E-state index is 0.170. The molecule has 0 atom stereocenters. The minimum Gasteiger partial charge on any atom is -0.364 e. The summed E-state index contributed by atoms with van der Waals surface area (Å²) in [5.41, 5.74) is 7.94. The highest BCUT2D eigenvalue weighted by atomic mass is 32.1. The largest absolute Gasteiger partial charge is 0.364 e. The van der Waals surface area contributed by atoms with E-state index in [2.05, 4.69) is 15.3 Å². The SMILES string of the molecule is Cc1c(C(=O)Nc2nc(-c3c[nH]c(C(N)=O)c3)cs2)sc2ccccc12. The van der Waals surface area contributed by atoms with Gasteiger partial charge in [-0.05, 0) is 30.0 Å². The van der Waals surface area contributed by atoms with Crippen molar-refractivity contribution in [2.75, 3.05) is 5.32 Å². The number of nitrogens with zero attached hydrogens (tertiary/aromatic N) is 1. The molecule has 1 aromatic carbocycles. The quantitative estimate of drug-likeness (QED) is 0.497. The number of carbonyl (C=O) groups is 2. The average molecular weight is 382 g/mol. The Bertz CT molecular complexity index is 1140. The van der Waals surface area contributed by atoms with Gasteiger partial charge in [0, 0.05) is 21.8 Å². The molecule has 3 heterocycles. The summed E-state index contributed by atoms with van der Waals surface area (Å²) in [6, 6.07) is 9.59. The topological polar surface area (TPSA) is 101 Å². The Morgan fingerprint density at radius 2 is 2.08 bits per heavy atom. The first kappa shape index (κ1) is 16.5. The van der Waals surface area contributed by atoms with Crippen molar-refractivity contribution in [3.8, 4) is 11.3 Å². The van der Waals surface area contributed by atoms with Gasteiger partial charge in [0.05, 0.1) is 10.6 Å². The molecule has 0 saturated heterocycles. The van der Waals surface area contributed by atoms with E-state index >= 15 is 0 Å². The summed E-state index contributed by atoms with van der Waals surface area (Å²) in [4.78, 5) is 31.7. The number of carbonyl (C=O) groups excluding carboxylic acids is 2. The number of hydrogen-bond acceptors (Lipinski definition) is 5. The van der Waals surface area contributed by atoms with Gasteiger partial charge in [-0.3, -0.25) is 14.9 Å². The van der Waals surface area contributed by atoms with E-state index in [4.69, 9.17) is 5.73 Å². The van der Waals surface area contributed by atoms with Gasteiger partial charge in [-0.25, -0.2) is 4.98 Å². The van der Waals surface area contributed by atoms with E-state index in [1.54, 1.807) is 12.3 Å². The number of nitrogens with two attached hydrogens (primary N) is 1. The molecule has 26 heavy (non-hydrogen) atoms. The molecule has 2 amide bonds. The van der Waals surface area contributed by atoms with Gasteiger partial charge in [0.1, 0.15) is 5.69 Å². The van der Waals surface area contributed by atoms with E-state index in [9.17, 15) is 9.59 Å². The van der Waals surface area contributed by atoms with Crippen LogP contribution in [0.5, 0.6) is 0 Å². The number of thiophene rings is 1. The minimum atomic E-state index is -0.528. The van der Waals surface area contributed by atoms with Crippen LogP contribution in [0.25, 0.3) is 21.3 Å². The summed E-state index contributed by atoms with van der Waals surface area (Å²) < 4.78 is 1.08. The van der Waals surface area contributed by atoms with Gasteiger partial charge < -0.3 is 10.7 Å². The molecule has 0 aliphatic heterocycles. The molecular formula is C18H14N4O2S2. The van der Waals surface area contributed by atoms with Crippen LogP contribution < -0.4 is 11.1 Å². The Kier molecular flexibility index (Phi) is 4.06. The third-order valence-electron chi connectivity index (χ3n) is 4.02. The van der Waals surface area contributed by atoms with E-state index in [1.165, 1.54) is 22.7 Å². The number of rotatable bonds is 4. The number of amides is 2. The predicted molar refractivity (Wildman–Crippen MR) is 105 cm³/mol. The smallest absolute Gasteiger partial charge is 0.267 e. The van der Waals surface area contributed by atoms with Crippen LogP contribution in [0.4, 0.5) is 5.13 Å². The van der Waals surface area contributed by atoms with E-state index in [0.717, 1.165) is 21.2 Å². The number of primary amides is 1. The number of aromatic amines is 1. The maximum absolute atomic E-state index is 12.6. The first-order valence-corrected chi connectivity index (χ1v) is 9.46. The average Bonchev–Trinajstić information content (AvgIpc) is 3.33. The first-order chi connectivity index (χ1) is 12.5. The maximum Gasteiger partial charge on any atom is 0.267 e. The van der Waals surface area contributed by atoms with E-state index < -0.39 is 5.91 Å². The standard InChI is InChI=1S/C18H14N4O2S2/c1-9-11-4-2-3-5-14(11)26-15(9)17(24)22-18-21-13(8-25-18)10-6-12(16(19)23)20-7-10/h2-8,20H,1H3,(H2,19,23)(H,21,22,24). The Morgan fingerprint density at radius 1 is 1.27 bits per heavy atom. The molecule has 0 aliphatic carbocycles. The van der Waals surface area contributed by atoms with E-state index in [-0.39, 0.29) is 5.91 Å². The second-order valence-corrected chi connectivity index (χ2v) is 7.62. The van der Waals surface area contributed by atoms with Crippen LogP contribution in [0.15, 0.2) is 41.9 Å². The van der Waals surface area contributed by atoms with Crippen LogP contribution in [-0.2, 0) is 0 Å². The van der Waals surface area contributed by atoms with Gasteiger partial charge >= 0.3 is 0 Å². The van der Waals surface area contributed by atoms with Gasteiger partial charge in [0.2, 0.25) is 0 Å². The summed E-state index contributed by atoms with van der Waals surface area (Å²) >= 11 is 2.80. The van der Waals surface area contributed by atoms with Gasteiger partial charge in [-0.15, -0.1) is 22.7 Å². The van der Waals surface area contributed by atoms with Crippen LogP contribution >= 0.6 is 22.7 Å². The van der Waals surface area contributed by atoms with Crippen molar-refractivity contribution in [3.63, 3.8) is 0 Å². The highest BCUT2D eigenvalue weighted by Gasteiger charge is 2.17. The molecule has 0 bridgehead atoms. The van der Waals surface area contributed by atoms with Gasteiger partial charge in [0.25, 0.3) is 11.8 Å². The van der Waals surface area contributed by atoms with Crippen molar-refractivity contribution >= 4 is 49.7 Å². The lowest BCUT2D eigenvalue weighted by molar-refractivity contribution is 0.0994. The van der Waals surface area contributed by atoms with E-state index in [1.807, 2.05) is 36.6 Å². The predicted octanol–water partition coefficient (Wildman–Crippen LogP) is 4.01. The van der Waals surface area contributed by atoms with Crippen LogP contribution in [-0.4, -0.2) is 21.8 Å². The number of nitrogens with one attached hydrogen (secondary N) is 2. The normalized spacial score (nSPS) is 11.0. The molecule has 0 fully saturated rings. The van der Waals surface area contributed by atoms with Crippen molar-refractivity contribution in [2.24, 2.45) is 5.73 Å². The third-order valence-corrected chi connectivity index (χ3v) is 6.05. The Hall–Kier alpha value is -2.97. The Labute approximate surface area is 156 Å². The molecule has 0 saturated carbocycles. The van der Waals surface area contributed by atoms with Crippen LogP contribution in [0, 0.1) is 6.92 Å². The molecule has 4 rings (SSSR count). The van der Waals surface area contributed by atoms with Crippen molar-refractivity contribution in [2.45, 2.75) is 6.92 Å². The zero-order valence-corrected chi connectivity index (χ0v) is 15.3. The monoisotopic (exact) mass is 382 g/mol. The number of anilines is 1. The van der Waals surface area contributed by atoms with E-state index in [0.29, 0.717) is 21.4 Å². The number of hydrogen-bond donors (Lipinski definition) is 3. The van der Waals surface area contributed by atoms with Crippen molar-refractivity contribution in [3.05, 3.63) is 58.0 Å². The lowest BCUT2D eigenvalue weighted by atomic mass is 10.1. The number of thiazole rings is 1. The van der Waals surface area contributed by atoms with Gasteiger partial charge in [0.15, 0.2) is 5.13 Å². The second kappa shape index (κ2) is 6.40. The molecule has 130 valence electrons. The van der Waals surface area contributed by atoms with Crippen LogP contribution in [0.1, 0.15) is 25.7 Å². The van der Waals surface area contributed by atoms with Crippen LogP contribution in [0.3, 0.4) is 0 Å². The van der Waals surface area contributed by atoms with Crippen molar-refractivity contribution in [1.29, 1.82) is 0 Å². The first-order valence-electron chi connectivity index (χ1n) is 7.76. The number of aryl methyl sites for hydroxylation is 1. The molecule has 6 nitrogen and oxygen atoms in total. The third kappa shape index (κ3) is 2.89. The summed E-state index contributed by atoms with van der Waals surface area (Å²) in [5, 5.41) is 6.27. The molecule has 0 aliphatic rings. The van der Waals surface area contributed by atoms with Gasteiger partial charge in [-0.1, -0.05) is 18.2 Å². The summed E-state index contributed by atoms with van der Waals surface area (Å²) in [6.07, 6.45) is 1.66. The summed E-state index contributed by atoms with van der Waals surface area (Å²) in [6.45, 7) is 1.95. The molecule has 0 radical (unpaired) electrons. The lowest BCUT2D eigenvalue weighted by Gasteiger charge is -2.00. The van der Waals surface area contributed by atoms with Gasteiger partial charge in [-0.2, -0.15) is 0 Å². The number of fused-ring (bicyclic) bond motifs is 1. The highest BCUT2D eigenvalue weighted by Crippen LogP contribution is 2.32. The van der Waals surface area contributed by atoms with Crippen molar-refractivity contribution < 1.29 is 9.59 Å². The molecule has 8 heteroatoms. The number of benzene rings is 1. The fourth-order valence-corrected chi connectivity index (χ4v) is 4.51. The number of aromatic nitrogens is 2. The molecule has 4 N–H and O–H groups in total. The molecular weight excluding hydrogens is 368 g/mol. The summed E-state index contributed by atoms with van der Waals surface area (Å²) in [7, 11) is 0. The second-order valence-electron chi connectivity index (χ2n) is 5.71. The zero-order chi connectivity index (χ0) is 18.3.